The highest BCUT2D eigenvalue weighted by Gasteiger charge is 2.40. The fraction of sp³-hybridized carbons (Fsp3) is 0.0233. The SMILES string of the molecule is C=N/C(=C(\N=C1Cc2ncc(S(=O)(=O)c3ccccc3)nc2-c2nc(S(=O)(=O)c3ccccc3)c(S(=O)(=O)c3ccccc3)nc21)S(=O)(=O)c1ccccc1)S(=O)(=O)c1ccccc1. The molecule has 0 fully saturated rings. The van der Waals surface area contributed by atoms with Gasteiger partial charge in [-0.15, -0.1) is 0 Å². The van der Waals surface area contributed by atoms with Gasteiger partial charge < -0.3 is 0 Å². The lowest BCUT2D eigenvalue weighted by atomic mass is 9.98. The number of sulfone groups is 5. The number of hydrogen-bond donors (Lipinski definition) is 0. The van der Waals surface area contributed by atoms with Crippen molar-refractivity contribution in [3.63, 3.8) is 0 Å². The fourth-order valence-electron chi connectivity index (χ4n) is 6.48. The van der Waals surface area contributed by atoms with Gasteiger partial charge in [-0.25, -0.2) is 67.0 Å². The average molecular weight is 951 g/mol. The maximum Gasteiger partial charge on any atom is 0.226 e. The van der Waals surface area contributed by atoms with E-state index in [2.05, 4.69) is 36.6 Å². The number of fused-ring (bicyclic) bond motifs is 3. The van der Waals surface area contributed by atoms with E-state index in [4.69, 9.17) is 0 Å². The maximum absolute atomic E-state index is 14.7. The predicted octanol–water partition coefficient (Wildman–Crippen LogP) is 5.55. The highest BCUT2D eigenvalue weighted by Crippen LogP contribution is 2.38. The summed E-state index contributed by atoms with van der Waals surface area (Å²) in [5.41, 5.74) is -2.18. The summed E-state index contributed by atoms with van der Waals surface area (Å²) in [6, 6.07) is 34.0. The zero-order chi connectivity index (χ0) is 45.5. The number of aromatic nitrogens is 4. The second-order valence-corrected chi connectivity index (χ2v) is 23.0. The first kappa shape index (κ1) is 43.7. The van der Waals surface area contributed by atoms with Crippen molar-refractivity contribution in [1.82, 2.24) is 19.9 Å². The standard InChI is InChI=1S/C43H30N6O10S5/c1-44-40(61(52,53)30-19-9-3-10-20-30)41(62(54,55)31-21-11-4-12-22-31)46-35-27-34-37(47-36(28-45-34)60(50,51)29-17-7-2-8-18-29)39-38(35)48-42(63(56,57)32-23-13-5-14-24-32)43(49-39)64(58,59)33-25-15-6-16-26-33/h2-26,28H,1,27H2/b41-40-,46-35?. The van der Waals surface area contributed by atoms with Crippen LogP contribution in [0.3, 0.4) is 0 Å². The lowest BCUT2D eigenvalue weighted by molar-refractivity contribution is 0.571. The number of hydrogen-bond acceptors (Lipinski definition) is 16. The van der Waals surface area contributed by atoms with Gasteiger partial charge in [0.15, 0.2) is 25.1 Å². The van der Waals surface area contributed by atoms with Crippen LogP contribution in [0, 0.1) is 0 Å². The minimum absolute atomic E-state index is 0.148. The largest absolute Gasteiger partial charge is 0.256 e. The molecule has 0 bridgehead atoms. The van der Waals surface area contributed by atoms with Crippen molar-refractivity contribution < 1.29 is 42.1 Å². The first-order valence-corrected chi connectivity index (χ1v) is 26.0. The van der Waals surface area contributed by atoms with Gasteiger partial charge in [-0.1, -0.05) is 91.0 Å². The third-order valence-electron chi connectivity index (χ3n) is 9.62. The van der Waals surface area contributed by atoms with Gasteiger partial charge in [0, 0.05) is 6.42 Å². The Hall–Kier alpha value is -6.91. The van der Waals surface area contributed by atoms with Crippen LogP contribution in [-0.2, 0) is 55.6 Å². The van der Waals surface area contributed by atoms with Gasteiger partial charge in [-0.05, 0) is 67.4 Å². The van der Waals surface area contributed by atoms with Gasteiger partial charge in [-0.2, -0.15) is 0 Å². The van der Waals surface area contributed by atoms with Crippen molar-refractivity contribution in [2.24, 2.45) is 9.98 Å². The zero-order valence-corrected chi connectivity index (χ0v) is 36.8. The second-order valence-electron chi connectivity index (χ2n) is 13.6. The first-order chi connectivity index (χ1) is 30.5. The van der Waals surface area contributed by atoms with Crippen LogP contribution in [0.4, 0.5) is 0 Å². The minimum Gasteiger partial charge on any atom is -0.256 e. The summed E-state index contributed by atoms with van der Waals surface area (Å²) in [6.45, 7) is 3.39. The molecule has 21 heteroatoms. The quantitative estimate of drug-likeness (QED) is 0.136. The third-order valence-corrected chi connectivity index (χ3v) is 18.3. The molecular weight excluding hydrogens is 921 g/mol. The smallest absolute Gasteiger partial charge is 0.226 e. The summed E-state index contributed by atoms with van der Waals surface area (Å²) >= 11 is 0. The van der Waals surface area contributed by atoms with Crippen LogP contribution in [0.1, 0.15) is 11.4 Å². The van der Waals surface area contributed by atoms with Gasteiger partial charge in [0.2, 0.25) is 49.2 Å². The number of nitrogens with zero attached hydrogens (tertiary/aromatic N) is 6. The number of rotatable bonds is 12. The van der Waals surface area contributed by atoms with Gasteiger partial charge in [-0.3, -0.25) is 4.98 Å². The van der Waals surface area contributed by atoms with Crippen molar-refractivity contribution in [3.05, 3.63) is 179 Å². The summed E-state index contributed by atoms with van der Waals surface area (Å²) < 4.78 is 144. The molecule has 0 N–H and O–H groups in total. The normalized spacial score (nSPS) is 14.2. The molecule has 322 valence electrons. The van der Waals surface area contributed by atoms with E-state index in [1.165, 1.54) is 146 Å². The van der Waals surface area contributed by atoms with Crippen LogP contribution in [0.25, 0.3) is 11.4 Å². The molecule has 64 heavy (non-hydrogen) atoms. The minimum atomic E-state index is -4.99. The lowest BCUT2D eigenvalue weighted by Crippen LogP contribution is -2.25. The molecule has 1 aliphatic carbocycles. The maximum atomic E-state index is 14.7. The van der Waals surface area contributed by atoms with Crippen LogP contribution in [-0.4, -0.2) is 74.5 Å². The Kier molecular flexibility index (Phi) is 11.4. The van der Waals surface area contributed by atoms with E-state index < -0.39 is 113 Å². The van der Waals surface area contributed by atoms with Gasteiger partial charge in [0.05, 0.1) is 42.1 Å². The van der Waals surface area contributed by atoms with Crippen molar-refractivity contribution in [2.75, 3.05) is 0 Å². The van der Waals surface area contributed by atoms with Crippen molar-refractivity contribution in [1.29, 1.82) is 0 Å². The molecule has 0 unspecified atom stereocenters. The molecule has 2 aromatic heterocycles. The highest BCUT2D eigenvalue weighted by atomic mass is 32.2. The summed E-state index contributed by atoms with van der Waals surface area (Å²) in [5.74, 6) is 0. The molecule has 7 aromatic rings. The summed E-state index contributed by atoms with van der Waals surface area (Å²) in [4.78, 5) is 23.9. The zero-order valence-electron chi connectivity index (χ0n) is 32.7. The highest BCUT2D eigenvalue weighted by molar-refractivity contribution is 7.99. The fourth-order valence-corrected chi connectivity index (χ4v) is 13.9. The molecule has 0 saturated carbocycles. The Labute approximate surface area is 368 Å². The van der Waals surface area contributed by atoms with Crippen molar-refractivity contribution in [2.45, 2.75) is 46.0 Å². The molecular formula is C43H30N6O10S5. The predicted molar refractivity (Wildman–Crippen MR) is 233 cm³/mol. The monoisotopic (exact) mass is 950 g/mol. The third kappa shape index (κ3) is 7.76. The summed E-state index contributed by atoms with van der Waals surface area (Å²) in [6.07, 6.45) is 0.315. The summed E-state index contributed by atoms with van der Waals surface area (Å²) in [7, 11) is -24.1. The van der Waals surface area contributed by atoms with E-state index in [1.54, 1.807) is 6.07 Å². The van der Waals surface area contributed by atoms with E-state index in [1.807, 2.05) is 0 Å². The first-order valence-electron chi connectivity index (χ1n) is 18.6. The van der Waals surface area contributed by atoms with Crippen molar-refractivity contribution in [3.8, 4) is 11.4 Å². The molecule has 0 spiro atoms. The summed E-state index contributed by atoms with van der Waals surface area (Å²) in [5, 5.41) is -5.12. The Morgan fingerprint density at radius 1 is 0.438 bits per heavy atom. The lowest BCUT2D eigenvalue weighted by Gasteiger charge is -2.22. The van der Waals surface area contributed by atoms with E-state index in [0.717, 1.165) is 6.20 Å². The second kappa shape index (κ2) is 16.7. The molecule has 0 radical (unpaired) electrons. The van der Waals surface area contributed by atoms with Crippen LogP contribution in [0.15, 0.2) is 217 Å². The molecule has 0 atom stereocenters. The molecule has 16 nitrogen and oxygen atoms in total. The van der Waals surface area contributed by atoms with Crippen LogP contribution in [0.5, 0.6) is 0 Å². The van der Waals surface area contributed by atoms with Crippen LogP contribution >= 0.6 is 0 Å². The molecule has 8 rings (SSSR count). The number of benzene rings is 5. The molecule has 5 aromatic carbocycles. The van der Waals surface area contributed by atoms with Gasteiger partial charge >= 0.3 is 0 Å². The van der Waals surface area contributed by atoms with Crippen LogP contribution in [0.2, 0.25) is 0 Å². The number of aliphatic imine (C=N–C) groups is 2. The van der Waals surface area contributed by atoms with Crippen LogP contribution < -0.4 is 0 Å². The molecule has 0 aliphatic heterocycles. The van der Waals surface area contributed by atoms with Gasteiger partial charge in [0.25, 0.3) is 0 Å². The van der Waals surface area contributed by atoms with E-state index >= 15 is 0 Å². The van der Waals surface area contributed by atoms with E-state index in [9.17, 15) is 42.1 Å². The molecule has 2 heterocycles. The Morgan fingerprint density at radius 2 is 0.812 bits per heavy atom. The Bertz CT molecular complexity index is 3640. The molecule has 0 amide bonds. The van der Waals surface area contributed by atoms with Gasteiger partial charge in [0.1, 0.15) is 17.1 Å². The van der Waals surface area contributed by atoms with E-state index in [0.29, 0.717) is 0 Å². The van der Waals surface area contributed by atoms with E-state index in [-0.39, 0.29) is 21.2 Å². The van der Waals surface area contributed by atoms with Crippen molar-refractivity contribution >= 4 is 61.6 Å². The Morgan fingerprint density at radius 3 is 1.23 bits per heavy atom. The molecule has 1 aliphatic rings. The molecule has 0 saturated heterocycles. The Balaban J connectivity index is 1.51. The average Bonchev–Trinajstić information content (AvgIpc) is 3.32. The topological polar surface area (TPSA) is 247 Å².